The number of benzene rings is 4. The van der Waals surface area contributed by atoms with Crippen LogP contribution in [-0.2, 0) is 0 Å². The Morgan fingerprint density at radius 1 is 0.531 bits per heavy atom. The molecule has 0 fully saturated rings. The third kappa shape index (κ3) is 3.13. The van der Waals surface area contributed by atoms with Gasteiger partial charge in [-0.25, -0.2) is 15.0 Å². The average molecular weight is 412 g/mol. The van der Waals surface area contributed by atoms with Crippen LogP contribution in [0.25, 0.3) is 56.0 Å². The number of nitrogens with zero attached hydrogens (tertiary/aromatic N) is 3. The van der Waals surface area contributed by atoms with Crippen molar-refractivity contribution in [3.63, 3.8) is 0 Å². The third-order valence-corrected chi connectivity index (χ3v) is 5.75. The Bertz CT molecular complexity index is 1560. The van der Waals surface area contributed by atoms with Crippen molar-refractivity contribution in [1.29, 1.82) is 0 Å². The number of hydrogen-bond donors (Lipinski definition) is 1. The van der Waals surface area contributed by atoms with Gasteiger partial charge in [0, 0.05) is 38.5 Å². The Morgan fingerprint density at radius 3 is 1.94 bits per heavy atom. The second kappa shape index (κ2) is 7.43. The van der Waals surface area contributed by atoms with Gasteiger partial charge in [-0.05, 0) is 19.1 Å². The van der Waals surface area contributed by atoms with E-state index in [1.807, 2.05) is 42.5 Å². The molecule has 2 aromatic heterocycles. The summed E-state index contributed by atoms with van der Waals surface area (Å²) in [7, 11) is 0. The van der Waals surface area contributed by atoms with E-state index >= 15 is 0 Å². The summed E-state index contributed by atoms with van der Waals surface area (Å²) < 4.78 is 0. The van der Waals surface area contributed by atoms with Crippen molar-refractivity contribution >= 4 is 21.8 Å². The van der Waals surface area contributed by atoms with Crippen molar-refractivity contribution in [2.75, 3.05) is 0 Å². The minimum atomic E-state index is 0.669. The molecule has 6 rings (SSSR count). The highest BCUT2D eigenvalue weighted by molar-refractivity contribution is 6.13. The third-order valence-electron chi connectivity index (χ3n) is 5.75. The van der Waals surface area contributed by atoms with Crippen LogP contribution in [0.15, 0.2) is 97.1 Å². The van der Waals surface area contributed by atoms with Gasteiger partial charge in [0.25, 0.3) is 0 Å². The number of rotatable bonds is 3. The fourth-order valence-electron chi connectivity index (χ4n) is 4.13. The molecule has 0 bridgehead atoms. The molecule has 0 unspecified atom stereocenters. The van der Waals surface area contributed by atoms with Crippen molar-refractivity contribution < 1.29 is 0 Å². The molecule has 32 heavy (non-hydrogen) atoms. The van der Waals surface area contributed by atoms with Gasteiger partial charge in [-0.3, -0.25) is 0 Å². The molecule has 6 aromatic rings. The number of para-hydroxylation sites is 1. The highest BCUT2D eigenvalue weighted by Crippen LogP contribution is 2.34. The van der Waals surface area contributed by atoms with Gasteiger partial charge in [-0.1, -0.05) is 90.5 Å². The first-order valence-electron chi connectivity index (χ1n) is 10.6. The van der Waals surface area contributed by atoms with E-state index in [4.69, 9.17) is 15.0 Å². The van der Waals surface area contributed by atoms with Crippen LogP contribution in [0, 0.1) is 6.92 Å². The highest BCUT2D eigenvalue weighted by atomic mass is 15.0. The van der Waals surface area contributed by atoms with Crippen molar-refractivity contribution in [2.24, 2.45) is 0 Å². The van der Waals surface area contributed by atoms with Crippen molar-refractivity contribution in [1.82, 2.24) is 19.9 Å². The van der Waals surface area contributed by atoms with Gasteiger partial charge in [-0.15, -0.1) is 0 Å². The van der Waals surface area contributed by atoms with Gasteiger partial charge in [0.05, 0.1) is 0 Å². The van der Waals surface area contributed by atoms with Gasteiger partial charge >= 0.3 is 0 Å². The number of aryl methyl sites for hydroxylation is 1. The molecule has 4 heteroatoms. The predicted octanol–water partition coefficient (Wildman–Crippen LogP) is 6.82. The molecular formula is C28H20N4. The number of aromatic amines is 1. The predicted molar refractivity (Wildman–Crippen MR) is 130 cm³/mol. The summed E-state index contributed by atoms with van der Waals surface area (Å²) in [5.74, 6) is 2.01. The largest absolute Gasteiger partial charge is 0.354 e. The van der Waals surface area contributed by atoms with Crippen molar-refractivity contribution in [3.8, 4) is 34.2 Å². The first-order valence-corrected chi connectivity index (χ1v) is 10.6. The monoisotopic (exact) mass is 412 g/mol. The van der Waals surface area contributed by atoms with E-state index in [9.17, 15) is 0 Å². The number of hydrogen-bond acceptors (Lipinski definition) is 3. The van der Waals surface area contributed by atoms with Crippen LogP contribution in [0.1, 0.15) is 5.56 Å². The lowest BCUT2D eigenvalue weighted by Gasteiger charge is -2.09. The number of H-pyrrole nitrogens is 1. The topological polar surface area (TPSA) is 54.5 Å². The van der Waals surface area contributed by atoms with Crippen LogP contribution in [0.5, 0.6) is 0 Å². The minimum absolute atomic E-state index is 0.669. The van der Waals surface area contributed by atoms with Gasteiger partial charge < -0.3 is 4.98 Å². The van der Waals surface area contributed by atoms with Crippen LogP contribution in [0.2, 0.25) is 0 Å². The van der Waals surface area contributed by atoms with Crippen LogP contribution < -0.4 is 0 Å². The number of nitrogens with one attached hydrogen (secondary N) is 1. The van der Waals surface area contributed by atoms with E-state index < -0.39 is 0 Å². The maximum atomic E-state index is 4.93. The maximum Gasteiger partial charge on any atom is 0.164 e. The zero-order valence-electron chi connectivity index (χ0n) is 17.6. The van der Waals surface area contributed by atoms with Gasteiger partial charge in [0.2, 0.25) is 0 Å². The molecule has 4 aromatic carbocycles. The van der Waals surface area contributed by atoms with Crippen molar-refractivity contribution in [2.45, 2.75) is 6.92 Å². The smallest absolute Gasteiger partial charge is 0.164 e. The van der Waals surface area contributed by atoms with Gasteiger partial charge in [0.1, 0.15) is 0 Å². The van der Waals surface area contributed by atoms with Crippen LogP contribution in [0.4, 0.5) is 0 Å². The fourth-order valence-corrected chi connectivity index (χ4v) is 4.13. The lowest BCUT2D eigenvalue weighted by atomic mass is 10.1. The molecule has 2 heterocycles. The molecular weight excluding hydrogens is 392 g/mol. The summed E-state index contributed by atoms with van der Waals surface area (Å²) in [4.78, 5) is 18.2. The first kappa shape index (κ1) is 18.5. The van der Waals surface area contributed by atoms with Crippen LogP contribution in [0.3, 0.4) is 0 Å². The molecule has 0 saturated carbocycles. The second-order valence-electron chi connectivity index (χ2n) is 7.94. The molecule has 0 aliphatic carbocycles. The molecule has 0 saturated heterocycles. The molecule has 0 spiro atoms. The Morgan fingerprint density at radius 2 is 1.16 bits per heavy atom. The summed E-state index contributed by atoms with van der Waals surface area (Å²) in [5, 5.41) is 2.29. The maximum absolute atomic E-state index is 4.93. The Hall–Kier alpha value is -4.31. The normalized spacial score (nSPS) is 11.3. The summed E-state index contributed by atoms with van der Waals surface area (Å²) in [6.45, 7) is 2.08. The summed E-state index contributed by atoms with van der Waals surface area (Å²) in [6, 6.07) is 32.9. The summed E-state index contributed by atoms with van der Waals surface area (Å²) in [6.07, 6.45) is 0. The zero-order valence-corrected chi connectivity index (χ0v) is 17.6. The van der Waals surface area contributed by atoms with Gasteiger partial charge in [-0.2, -0.15) is 0 Å². The van der Waals surface area contributed by atoms with E-state index in [0.717, 1.165) is 38.5 Å². The van der Waals surface area contributed by atoms with E-state index in [1.165, 1.54) is 5.56 Å². The fraction of sp³-hybridized carbons (Fsp3) is 0.0357. The molecule has 0 radical (unpaired) electrons. The van der Waals surface area contributed by atoms with E-state index in [1.54, 1.807) is 0 Å². The Balaban J connectivity index is 1.64. The second-order valence-corrected chi connectivity index (χ2v) is 7.94. The van der Waals surface area contributed by atoms with Crippen molar-refractivity contribution in [3.05, 3.63) is 103 Å². The summed E-state index contributed by atoms with van der Waals surface area (Å²) in [5.41, 5.74) is 6.31. The van der Waals surface area contributed by atoms with Gasteiger partial charge in [0.15, 0.2) is 17.5 Å². The zero-order chi connectivity index (χ0) is 21.5. The molecule has 152 valence electrons. The number of aromatic nitrogens is 4. The molecule has 0 atom stereocenters. The standard InChI is InChI=1S/C28H20N4/c1-18-14-16-20(17-15-18)27-30-26(19-8-3-2-4-9-19)31-28(32-27)22-11-7-13-24-25(22)21-10-5-6-12-23(21)29-24/h2-17,29H,1H3. The van der Waals surface area contributed by atoms with E-state index in [-0.39, 0.29) is 0 Å². The minimum Gasteiger partial charge on any atom is -0.354 e. The highest BCUT2D eigenvalue weighted by Gasteiger charge is 2.16. The number of fused-ring (bicyclic) bond motifs is 3. The first-order chi connectivity index (χ1) is 15.8. The van der Waals surface area contributed by atoms with E-state index in [0.29, 0.717) is 17.5 Å². The molecule has 0 amide bonds. The van der Waals surface area contributed by atoms with E-state index in [2.05, 4.69) is 66.5 Å². The molecule has 0 aliphatic heterocycles. The summed E-state index contributed by atoms with van der Waals surface area (Å²) >= 11 is 0. The average Bonchev–Trinajstić information content (AvgIpc) is 3.24. The quantitative estimate of drug-likeness (QED) is 0.347. The SMILES string of the molecule is Cc1ccc(-c2nc(-c3ccccc3)nc(-c3cccc4[nH]c5ccccc5c34)n2)cc1. The molecule has 0 aliphatic rings. The Labute approximate surface area is 185 Å². The molecule has 4 nitrogen and oxygen atoms in total. The van der Waals surface area contributed by atoms with Crippen LogP contribution in [-0.4, -0.2) is 19.9 Å². The molecule has 1 N–H and O–H groups in total. The lowest BCUT2D eigenvalue weighted by Crippen LogP contribution is -2.00. The Kier molecular flexibility index (Phi) is 4.29. The van der Waals surface area contributed by atoms with Crippen LogP contribution >= 0.6 is 0 Å². The lowest BCUT2D eigenvalue weighted by molar-refractivity contribution is 1.08.